The molecule has 3 aromatic rings. The minimum absolute atomic E-state index is 0.0665. The Morgan fingerprint density at radius 1 is 1.16 bits per heavy atom. The zero-order chi connectivity index (χ0) is 31.0. The number of rotatable bonds is 8. The fourth-order valence-corrected chi connectivity index (χ4v) is 6.79. The molecule has 1 unspecified atom stereocenters. The summed E-state index contributed by atoms with van der Waals surface area (Å²) in [6, 6.07) is 14.7. The molecule has 0 spiro atoms. The Hall–Kier alpha value is -3.52. The summed E-state index contributed by atoms with van der Waals surface area (Å²) >= 11 is 0. The maximum absolute atomic E-state index is 11.6. The van der Waals surface area contributed by atoms with Crippen molar-refractivity contribution in [3.8, 4) is 17.3 Å². The predicted molar refractivity (Wildman–Crippen MR) is 177 cm³/mol. The third kappa shape index (κ3) is 6.40. The number of fused-ring (bicyclic) bond motifs is 2. The van der Waals surface area contributed by atoms with E-state index >= 15 is 0 Å². The molecule has 2 aliphatic rings. The maximum atomic E-state index is 11.6. The molecule has 0 saturated carbocycles. The van der Waals surface area contributed by atoms with Gasteiger partial charge in [0.25, 0.3) is 0 Å². The summed E-state index contributed by atoms with van der Waals surface area (Å²) in [5.41, 5.74) is 7.11. The molecule has 223 valence electrons. The van der Waals surface area contributed by atoms with E-state index in [0.717, 1.165) is 60.3 Å². The average molecular weight is 594 g/mol. The first-order chi connectivity index (χ1) is 20.3. The van der Waals surface area contributed by atoms with E-state index in [4.69, 9.17) is 9.41 Å². The quantitative estimate of drug-likeness (QED) is 0.263. The molecule has 2 aromatic carbocycles. The van der Waals surface area contributed by atoms with Crippen molar-refractivity contribution in [3.63, 3.8) is 0 Å². The van der Waals surface area contributed by atoms with Gasteiger partial charge >= 0.3 is 7.41 Å². The van der Waals surface area contributed by atoms with Gasteiger partial charge in [0.05, 0.1) is 11.3 Å². The summed E-state index contributed by atoms with van der Waals surface area (Å²) < 4.78 is 6.71. The van der Waals surface area contributed by atoms with E-state index in [0.29, 0.717) is 24.7 Å². The second-order valence-corrected chi connectivity index (χ2v) is 18.5. The summed E-state index contributed by atoms with van der Waals surface area (Å²) in [6.07, 6.45) is 4.60. The highest BCUT2D eigenvalue weighted by Crippen LogP contribution is 2.46. The molecular weight excluding hydrogens is 551 g/mol. The van der Waals surface area contributed by atoms with Crippen LogP contribution in [0.2, 0.25) is 18.1 Å². The molecule has 1 radical (unpaired) electrons. The van der Waals surface area contributed by atoms with Gasteiger partial charge in [0, 0.05) is 54.8 Å². The Morgan fingerprint density at radius 2 is 1.91 bits per heavy atom. The number of nitriles is 1. The van der Waals surface area contributed by atoms with Crippen LogP contribution in [0.4, 0.5) is 17.3 Å². The smallest absolute Gasteiger partial charge is 0.329 e. The van der Waals surface area contributed by atoms with Gasteiger partial charge < -0.3 is 24.2 Å². The van der Waals surface area contributed by atoms with Crippen LogP contribution in [0.3, 0.4) is 0 Å². The van der Waals surface area contributed by atoms with Crippen LogP contribution < -0.4 is 10.1 Å². The molecular formula is C33H42BN6O2Si. The van der Waals surface area contributed by atoms with E-state index in [2.05, 4.69) is 93.4 Å². The van der Waals surface area contributed by atoms with Crippen molar-refractivity contribution in [2.24, 2.45) is 0 Å². The largest absolute Gasteiger partial charge is 0.416 e. The number of benzene rings is 2. The Kier molecular flexibility index (Phi) is 8.54. The standard InChI is InChI=1S/C33H42BN6O2Si/c1-32(2,3)43(6,7)42-21-33(4)20-40(34-22-41)30-26(19-35)16-25(18-28(30)33)29-10-13-36-31(38-29)37-27-9-8-23-11-14-39(5)15-12-24(23)17-27/h8-10,13,16-18,22H,11-12,14-15,20-21H2,1-7H3,(H,36,37,38). The van der Waals surface area contributed by atoms with Gasteiger partial charge in [0.2, 0.25) is 5.95 Å². The molecule has 3 heterocycles. The first-order valence-corrected chi connectivity index (χ1v) is 17.9. The van der Waals surface area contributed by atoms with Gasteiger partial charge in [-0.3, -0.25) is 0 Å². The van der Waals surface area contributed by atoms with E-state index < -0.39 is 13.7 Å². The fourth-order valence-electron chi connectivity index (χ4n) is 5.68. The Balaban J connectivity index is 1.48. The maximum Gasteiger partial charge on any atom is 0.329 e. The van der Waals surface area contributed by atoms with E-state index in [1.54, 1.807) is 6.20 Å². The van der Waals surface area contributed by atoms with Crippen LogP contribution in [0, 0.1) is 11.3 Å². The van der Waals surface area contributed by atoms with E-state index in [9.17, 15) is 10.1 Å². The fraction of sp³-hybridized carbons (Fsp3) is 0.455. The zero-order valence-corrected chi connectivity index (χ0v) is 27.5. The van der Waals surface area contributed by atoms with Gasteiger partial charge in [-0.15, -0.1) is 0 Å². The van der Waals surface area contributed by atoms with Gasteiger partial charge in [-0.05, 0) is 85.0 Å². The molecule has 0 amide bonds. The van der Waals surface area contributed by atoms with Gasteiger partial charge in [-0.25, -0.2) is 9.97 Å². The highest BCUT2D eigenvalue weighted by atomic mass is 28.4. The van der Waals surface area contributed by atoms with Crippen molar-refractivity contribution < 1.29 is 9.22 Å². The molecule has 2 aliphatic heterocycles. The van der Waals surface area contributed by atoms with Crippen LogP contribution in [0.25, 0.3) is 11.3 Å². The number of nitrogens with one attached hydrogen (secondary N) is 1. The summed E-state index contributed by atoms with van der Waals surface area (Å²) in [4.78, 5) is 25.2. The molecule has 1 aromatic heterocycles. The van der Waals surface area contributed by atoms with Crippen molar-refractivity contribution in [2.75, 3.05) is 43.4 Å². The zero-order valence-electron chi connectivity index (χ0n) is 26.5. The molecule has 10 heteroatoms. The number of anilines is 3. The number of hydrogen-bond acceptors (Lipinski definition) is 8. The number of carbonyl (C=O) groups excluding carboxylic acids is 1. The van der Waals surface area contributed by atoms with Crippen LogP contribution in [0.5, 0.6) is 0 Å². The summed E-state index contributed by atoms with van der Waals surface area (Å²) in [5, 5.41) is 13.7. The molecule has 0 saturated heterocycles. The lowest BCUT2D eigenvalue weighted by molar-refractivity contribution is 0.219. The lowest BCUT2D eigenvalue weighted by Crippen LogP contribution is -2.46. The van der Waals surface area contributed by atoms with Crippen molar-refractivity contribution in [1.29, 1.82) is 5.26 Å². The van der Waals surface area contributed by atoms with Gasteiger partial charge in [0.15, 0.2) is 8.32 Å². The highest BCUT2D eigenvalue weighted by molar-refractivity contribution is 6.74. The van der Waals surface area contributed by atoms with Crippen molar-refractivity contribution in [2.45, 2.75) is 64.1 Å². The van der Waals surface area contributed by atoms with Crippen LogP contribution in [0.1, 0.15) is 49.9 Å². The van der Waals surface area contributed by atoms with E-state index in [1.807, 2.05) is 16.9 Å². The van der Waals surface area contributed by atoms with Crippen LogP contribution in [0.15, 0.2) is 42.6 Å². The summed E-state index contributed by atoms with van der Waals surface area (Å²) in [5.74, 6) is 0.502. The summed E-state index contributed by atoms with van der Waals surface area (Å²) in [6.45, 7) is 16.5. The van der Waals surface area contributed by atoms with E-state index in [1.165, 1.54) is 18.5 Å². The van der Waals surface area contributed by atoms with Crippen LogP contribution >= 0.6 is 0 Å². The molecule has 8 nitrogen and oxygen atoms in total. The minimum Gasteiger partial charge on any atom is -0.416 e. The van der Waals surface area contributed by atoms with Crippen molar-refractivity contribution in [1.82, 2.24) is 14.9 Å². The second kappa shape index (κ2) is 11.9. The first kappa shape index (κ1) is 30.9. The molecule has 0 bridgehead atoms. The van der Waals surface area contributed by atoms with E-state index in [-0.39, 0.29) is 5.04 Å². The number of aromatic nitrogens is 2. The molecule has 43 heavy (non-hydrogen) atoms. The number of hydrogen-bond donors (Lipinski definition) is 1. The van der Waals surface area contributed by atoms with Crippen LogP contribution in [-0.4, -0.2) is 70.1 Å². The number of nitrogens with zero attached hydrogens (tertiary/aromatic N) is 5. The predicted octanol–water partition coefficient (Wildman–Crippen LogP) is 5.70. The molecule has 1 atom stereocenters. The monoisotopic (exact) mass is 593 g/mol. The van der Waals surface area contributed by atoms with Gasteiger partial charge in [0.1, 0.15) is 12.3 Å². The molecule has 0 aliphatic carbocycles. The topological polar surface area (TPSA) is 94.4 Å². The SMILES string of the molecule is CN1CCc2ccc(Nc3nccc(-c4cc(C#N)c5c(c4)C(C)(CO[Si](C)(C)C(C)(C)C)CN5[B]C=O)n3)cc2CC1. The normalized spacial score (nSPS) is 18.8. The Morgan fingerprint density at radius 3 is 2.60 bits per heavy atom. The lowest BCUT2D eigenvalue weighted by atomic mass is 9.83. The van der Waals surface area contributed by atoms with Crippen molar-refractivity contribution >= 4 is 39.2 Å². The highest BCUT2D eigenvalue weighted by Gasteiger charge is 2.44. The molecule has 1 N–H and O–H groups in total. The molecule has 5 rings (SSSR count). The van der Waals surface area contributed by atoms with Crippen molar-refractivity contribution in [3.05, 3.63) is 64.8 Å². The van der Waals surface area contributed by atoms with Gasteiger partial charge in [-0.2, -0.15) is 5.26 Å². The lowest BCUT2D eigenvalue weighted by Gasteiger charge is -2.39. The van der Waals surface area contributed by atoms with Gasteiger partial charge in [-0.1, -0.05) is 33.8 Å². The third-order valence-corrected chi connectivity index (χ3v) is 13.9. The molecule has 0 fully saturated rings. The Labute approximate surface area is 257 Å². The van der Waals surface area contributed by atoms with Crippen LogP contribution in [-0.2, 0) is 27.5 Å². The Bertz CT molecular complexity index is 1570. The number of likely N-dealkylation sites (N-methyl/N-ethyl adjacent to an activating group) is 1. The first-order valence-electron chi connectivity index (χ1n) is 15.0. The number of carbonyl (C=O) groups is 1. The third-order valence-electron chi connectivity index (χ3n) is 9.43. The average Bonchev–Trinajstić information content (AvgIpc) is 3.11. The summed E-state index contributed by atoms with van der Waals surface area (Å²) in [7, 11) is 1.65. The second-order valence-electron chi connectivity index (χ2n) is 13.7. The minimum atomic E-state index is -2.04.